The van der Waals surface area contributed by atoms with Gasteiger partial charge in [-0.15, -0.1) is 11.3 Å². The Morgan fingerprint density at radius 1 is 0.339 bits per heavy atom. The van der Waals surface area contributed by atoms with E-state index in [9.17, 15) is 0 Å². The van der Waals surface area contributed by atoms with Crippen LogP contribution in [0.3, 0.4) is 0 Å². The van der Waals surface area contributed by atoms with E-state index in [1.54, 1.807) is 11.3 Å². The lowest BCUT2D eigenvalue weighted by atomic mass is 10.0. The van der Waals surface area contributed by atoms with Gasteiger partial charge in [0.15, 0.2) is 23.3 Å². The molecule has 0 atom stereocenters. The summed E-state index contributed by atoms with van der Waals surface area (Å²) >= 11 is 1.73. The van der Waals surface area contributed by atoms with Gasteiger partial charge in [-0.05, 0) is 47.5 Å². The van der Waals surface area contributed by atoms with E-state index in [0.29, 0.717) is 23.3 Å². The predicted molar refractivity (Wildman–Crippen MR) is 255 cm³/mol. The molecule has 6 nitrogen and oxygen atoms in total. The molecule has 12 aromatic rings. The molecule has 0 saturated carbocycles. The molecule has 7 heteroatoms. The first-order valence-electron chi connectivity index (χ1n) is 20.6. The van der Waals surface area contributed by atoms with Gasteiger partial charge in [-0.2, -0.15) is 0 Å². The van der Waals surface area contributed by atoms with Gasteiger partial charge in [0.1, 0.15) is 0 Å². The fraction of sp³-hybridized carbons (Fsp3) is 0. The maximum absolute atomic E-state index is 5.38. The molecule has 0 unspecified atom stereocenters. The molecule has 4 aromatic heterocycles. The lowest BCUT2D eigenvalue weighted by Crippen LogP contribution is -2.04. The molecule has 0 saturated heterocycles. The fourth-order valence-electron chi connectivity index (χ4n) is 8.53. The molecule has 4 heterocycles. The summed E-state index contributed by atoms with van der Waals surface area (Å²) in [5, 5.41) is 3.43. The van der Waals surface area contributed by atoms with Crippen molar-refractivity contribution >= 4 is 53.4 Å². The minimum absolute atomic E-state index is 0.546. The summed E-state index contributed by atoms with van der Waals surface area (Å²) in [6.45, 7) is 0. The van der Waals surface area contributed by atoms with E-state index in [2.05, 4.69) is 144 Å². The molecule has 12 rings (SSSR count). The van der Waals surface area contributed by atoms with E-state index in [1.165, 1.54) is 4.70 Å². The first-order chi connectivity index (χ1) is 30.7. The third-order valence-corrected chi connectivity index (χ3v) is 12.7. The fourth-order valence-corrected chi connectivity index (χ4v) is 9.68. The monoisotopic (exact) mass is 810 g/mol. The maximum Gasteiger partial charge on any atom is 0.166 e. The minimum Gasteiger partial charge on any atom is -0.308 e. The molecule has 0 radical (unpaired) electrons. The zero-order valence-electron chi connectivity index (χ0n) is 33.2. The summed E-state index contributed by atoms with van der Waals surface area (Å²) in [6.07, 6.45) is 0. The van der Waals surface area contributed by atoms with Crippen molar-refractivity contribution in [1.29, 1.82) is 0 Å². The highest BCUT2D eigenvalue weighted by molar-refractivity contribution is 7.26. The van der Waals surface area contributed by atoms with Crippen LogP contribution in [0, 0.1) is 0 Å². The van der Waals surface area contributed by atoms with Gasteiger partial charge in [0.25, 0.3) is 0 Å². The van der Waals surface area contributed by atoms with Crippen molar-refractivity contribution < 1.29 is 0 Å². The van der Waals surface area contributed by atoms with Gasteiger partial charge < -0.3 is 4.57 Å². The van der Waals surface area contributed by atoms with Crippen LogP contribution in [0.1, 0.15) is 0 Å². The Labute approximate surface area is 361 Å². The van der Waals surface area contributed by atoms with E-state index >= 15 is 0 Å². The molecule has 0 amide bonds. The second-order valence-corrected chi connectivity index (χ2v) is 16.3. The quantitative estimate of drug-likeness (QED) is 0.160. The second kappa shape index (κ2) is 14.9. The number of hydrogen-bond donors (Lipinski definition) is 0. The van der Waals surface area contributed by atoms with E-state index in [4.69, 9.17) is 24.9 Å². The SMILES string of the molecule is c1ccc(-c2ccc3c4ccccc4n(-c4ccc(-c5nc(-c6ccccc6)c6sc7ccccc7c6n5)cc4-c4nc(-c5ccccc5)nc(-c5ccccc5)n4)c3c2)cc1. The molecule has 290 valence electrons. The number of para-hydroxylation sites is 1. The van der Waals surface area contributed by atoms with Crippen LogP contribution in [-0.2, 0) is 0 Å². The van der Waals surface area contributed by atoms with E-state index in [1.807, 2.05) is 66.7 Å². The number of aromatic nitrogens is 6. The molecule has 0 N–H and O–H groups in total. The third-order valence-electron chi connectivity index (χ3n) is 11.5. The van der Waals surface area contributed by atoms with Crippen molar-refractivity contribution in [3.05, 3.63) is 206 Å². The van der Waals surface area contributed by atoms with Crippen molar-refractivity contribution in [2.75, 3.05) is 0 Å². The Balaban J connectivity index is 1.17. The average Bonchev–Trinajstić information content (AvgIpc) is 3.90. The number of nitrogens with zero attached hydrogens (tertiary/aromatic N) is 6. The number of rotatable bonds is 7. The predicted octanol–water partition coefficient (Wildman–Crippen LogP) is 14.1. The van der Waals surface area contributed by atoms with Crippen LogP contribution in [-0.4, -0.2) is 29.5 Å². The molecule has 62 heavy (non-hydrogen) atoms. The molecule has 0 fully saturated rings. The van der Waals surface area contributed by atoms with E-state index in [0.717, 1.165) is 87.7 Å². The zero-order valence-corrected chi connectivity index (χ0v) is 34.0. The lowest BCUT2D eigenvalue weighted by molar-refractivity contribution is 1.06. The van der Waals surface area contributed by atoms with Gasteiger partial charge in [-0.1, -0.05) is 170 Å². The molecular formula is C55H34N6S. The number of benzene rings is 8. The van der Waals surface area contributed by atoms with Crippen molar-refractivity contribution in [2.24, 2.45) is 0 Å². The molecule has 0 aliphatic carbocycles. The van der Waals surface area contributed by atoms with Gasteiger partial charge in [-0.3, -0.25) is 0 Å². The second-order valence-electron chi connectivity index (χ2n) is 15.3. The minimum atomic E-state index is 0.546. The van der Waals surface area contributed by atoms with Gasteiger partial charge >= 0.3 is 0 Å². The molecule has 0 bridgehead atoms. The van der Waals surface area contributed by atoms with Crippen molar-refractivity contribution in [3.63, 3.8) is 0 Å². The standard InChI is InChI=1S/C55H34N6S/c1-5-17-35(18-6-1)39-29-31-42-41-25-13-15-27-45(41)61(47(42)34-39)46-32-30-40(54-56-49(36-19-7-2-8-20-36)51-50(57-54)43-26-14-16-28-48(43)62-51)33-44(46)55-59-52(37-21-9-3-10-22-37)58-53(60-55)38-23-11-4-12-24-38/h1-34H. The smallest absolute Gasteiger partial charge is 0.166 e. The molecule has 0 aliphatic rings. The van der Waals surface area contributed by atoms with Gasteiger partial charge in [0, 0.05) is 48.7 Å². The molecule has 0 aliphatic heterocycles. The Kier molecular flexibility index (Phi) is 8.57. The van der Waals surface area contributed by atoms with Crippen LogP contribution in [0.2, 0.25) is 0 Å². The zero-order chi connectivity index (χ0) is 41.0. The third kappa shape index (κ3) is 6.14. The Bertz CT molecular complexity index is 3560. The van der Waals surface area contributed by atoms with Crippen LogP contribution >= 0.6 is 11.3 Å². The normalized spacial score (nSPS) is 11.5. The van der Waals surface area contributed by atoms with Gasteiger partial charge in [0.2, 0.25) is 0 Å². The van der Waals surface area contributed by atoms with Gasteiger partial charge in [0.05, 0.1) is 32.6 Å². The summed E-state index contributed by atoms with van der Waals surface area (Å²) in [6, 6.07) is 71.5. The first kappa shape index (κ1) is 35.8. The number of hydrogen-bond acceptors (Lipinski definition) is 6. The van der Waals surface area contributed by atoms with Crippen molar-refractivity contribution in [2.45, 2.75) is 0 Å². The summed E-state index contributed by atoms with van der Waals surface area (Å²) < 4.78 is 4.60. The number of fused-ring (bicyclic) bond motifs is 6. The summed E-state index contributed by atoms with van der Waals surface area (Å²) in [4.78, 5) is 26.4. The van der Waals surface area contributed by atoms with Crippen LogP contribution in [0.4, 0.5) is 0 Å². The Morgan fingerprint density at radius 3 is 1.56 bits per heavy atom. The maximum atomic E-state index is 5.38. The molecule has 8 aromatic carbocycles. The van der Waals surface area contributed by atoms with E-state index in [-0.39, 0.29) is 0 Å². The highest BCUT2D eigenvalue weighted by Gasteiger charge is 2.23. The lowest BCUT2D eigenvalue weighted by Gasteiger charge is -2.16. The summed E-state index contributed by atoms with van der Waals surface area (Å²) in [5.74, 6) is 2.35. The van der Waals surface area contributed by atoms with Crippen molar-refractivity contribution in [3.8, 4) is 73.6 Å². The van der Waals surface area contributed by atoms with Gasteiger partial charge in [-0.25, -0.2) is 24.9 Å². The van der Waals surface area contributed by atoms with Crippen molar-refractivity contribution in [1.82, 2.24) is 29.5 Å². The first-order valence-corrected chi connectivity index (χ1v) is 21.4. The number of thiophene rings is 1. The average molecular weight is 811 g/mol. The Hall–Kier alpha value is -8.13. The summed E-state index contributed by atoms with van der Waals surface area (Å²) in [5.41, 5.74) is 11.8. The van der Waals surface area contributed by atoms with Crippen LogP contribution in [0.5, 0.6) is 0 Å². The van der Waals surface area contributed by atoms with Crippen LogP contribution in [0.15, 0.2) is 206 Å². The highest BCUT2D eigenvalue weighted by atomic mass is 32.1. The Morgan fingerprint density at radius 2 is 0.871 bits per heavy atom. The topological polar surface area (TPSA) is 69.4 Å². The van der Waals surface area contributed by atoms with E-state index < -0.39 is 0 Å². The van der Waals surface area contributed by atoms with Crippen LogP contribution < -0.4 is 0 Å². The van der Waals surface area contributed by atoms with Crippen LogP contribution in [0.25, 0.3) is 116 Å². The highest BCUT2D eigenvalue weighted by Crippen LogP contribution is 2.42. The molecular weight excluding hydrogens is 777 g/mol. The summed E-state index contributed by atoms with van der Waals surface area (Å²) in [7, 11) is 0. The molecule has 0 spiro atoms. The largest absolute Gasteiger partial charge is 0.308 e.